The lowest BCUT2D eigenvalue weighted by Gasteiger charge is -2.30. The highest BCUT2D eigenvalue weighted by atomic mass is 19.4. The number of carbonyl (C=O) groups is 2. The van der Waals surface area contributed by atoms with E-state index in [0.29, 0.717) is 17.1 Å². The predicted octanol–water partition coefficient (Wildman–Crippen LogP) is 5.06. The van der Waals surface area contributed by atoms with Crippen molar-refractivity contribution in [3.8, 4) is 0 Å². The first-order valence-electron chi connectivity index (χ1n) is 9.95. The Kier molecular flexibility index (Phi) is 5.63. The molecule has 2 aromatic carbocycles. The minimum Gasteiger partial charge on any atom is -0.326 e. The Labute approximate surface area is 187 Å². The number of pyridine rings is 1. The number of amides is 2. The van der Waals surface area contributed by atoms with Crippen molar-refractivity contribution in [2.75, 3.05) is 17.4 Å². The molecular formula is C24H19F3N4O2. The second-order valence-electron chi connectivity index (χ2n) is 7.42. The third-order valence-corrected chi connectivity index (χ3v) is 5.07. The van der Waals surface area contributed by atoms with E-state index < -0.39 is 17.6 Å². The van der Waals surface area contributed by atoms with Crippen LogP contribution in [0.25, 0.3) is 11.8 Å². The molecule has 3 aromatic rings. The summed E-state index contributed by atoms with van der Waals surface area (Å²) in [5.74, 6) is -0.295. The Morgan fingerprint density at radius 2 is 1.85 bits per heavy atom. The van der Waals surface area contributed by atoms with Gasteiger partial charge in [-0.15, -0.1) is 0 Å². The highest BCUT2D eigenvalue weighted by Gasteiger charge is 2.39. The van der Waals surface area contributed by atoms with Crippen molar-refractivity contribution in [3.63, 3.8) is 0 Å². The minimum absolute atomic E-state index is 0.148. The maximum absolute atomic E-state index is 13.4. The molecule has 1 N–H and O–H groups in total. The number of carbonyl (C=O) groups excluding carboxylic acids is 2. The molecule has 4 rings (SSSR count). The SMILES string of the molecule is CC(=O)Nc1cccc(/C=C2/c3cc(C(F)(F)F)ccc3C(=O)N2N(C)c2ccccn2)c1. The number of nitrogens with one attached hydrogen (secondary N) is 1. The van der Waals surface area contributed by atoms with Gasteiger partial charge < -0.3 is 5.32 Å². The van der Waals surface area contributed by atoms with Crippen molar-refractivity contribution in [2.45, 2.75) is 13.1 Å². The van der Waals surface area contributed by atoms with Gasteiger partial charge in [-0.1, -0.05) is 18.2 Å². The average Bonchev–Trinajstić information content (AvgIpc) is 3.04. The second kappa shape index (κ2) is 8.42. The number of nitrogens with zero attached hydrogens (tertiary/aromatic N) is 3. The van der Waals surface area contributed by atoms with E-state index in [2.05, 4.69) is 10.3 Å². The van der Waals surface area contributed by atoms with Gasteiger partial charge in [0.05, 0.1) is 16.8 Å². The zero-order chi connectivity index (χ0) is 23.8. The number of fused-ring (bicyclic) bond motifs is 1. The fourth-order valence-corrected chi connectivity index (χ4v) is 3.61. The summed E-state index contributed by atoms with van der Waals surface area (Å²) in [6.07, 6.45) is -1.40. The van der Waals surface area contributed by atoms with Gasteiger partial charge in [-0.3, -0.25) is 14.6 Å². The Hall–Kier alpha value is -4.14. The molecule has 0 fully saturated rings. The molecule has 0 spiro atoms. The number of aromatic nitrogens is 1. The molecule has 0 atom stereocenters. The Balaban J connectivity index is 1.87. The van der Waals surface area contributed by atoms with E-state index in [1.54, 1.807) is 61.8 Å². The molecule has 0 unspecified atom stereocenters. The van der Waals surface area contributed by atoms with Gasteiger partial charge in [0.15, 0.2) is 0 Å². The first-order valence-corrected chi connectivity index (χ1v) is 9.95. The number of halogens is 3. The van der Waals surface area contributed by atoms with Crippen LogP contribution in [0.15, 0.2) is 66.9 Å². The van der Waals surface area contributed by atoms with Crippen molar-refractivity contribution >= 4 is 35.1 Å². The van der Waals surface area contributed by atoms with Crippen LogP contribution in [0.2, 0.25) is 0 Å². The maximum atomic E-state index is 13.4. The summed E-state index contributed by atoms with van der Waals surface area (Å²) < 4.78 is 40.3. The molecule has 33 heavy (non-hydrogen) atoms. The summed E-state index contributed by atoms with van der Waals surface area (Å²) in [4.78, 5) is 28.9. The van der Waals surface area contributed by atoms with E-state index in [1.807, 2.05) is 0 Å². The number of hydrogen-bond donors (Lipinski definition) is 1. The summed E-state index contributed by atoms with van der Waals surface area (Å²) in [6.45, 7) is 1.37. The Morgan fingerprint density at radius 3 is 2.52 bits per heavy atom. The fraction of sp³-hybridized carbons (Fsp3) is 0.125. The van der Waals surface area contributed by atoms with Crippen molar-refractivity contribution in [2.24, 2.45) is 0 Å². The normalized spacial score (nSPS) is 14.4. The van der Waals surface area contributed by atoms with E-state index >= 15 is 0 Å². The Morgan fingerprint density at radius 1 is 1.06 bits per heavy atom. The summed E-state index contributed by atoms with van der Waals surface area (Å²) in [6, 6.07) is 15.0. The van der Waals surface area contributed by atoms with Crippen LogP contribution in [0.3, 0.4) is 0 Å². The number of alkyl halides is 3. The van der Waals surface area contributed by atoms with Crippen molar-refractivity contribution < 1.29 is 22.8 Å². The number of benzene rings is 2. The lowest BCUT2D eigenvalue weighted by Crippen LogP contribution is -2.39. The van der Waals surface area contributed by atoms with Gasteiger partial charge in [0.25, 0.3) is 5.91 Å². The molecule has 0 saturated heterocycles. The first-order chi connectivity index (χ1) is 15.6. The predicted molar refractivity (Wildman–Crippen MR) is 119 cm³/mol. The van der Waals surface area contributed by atoms with E-state index in [9.17, 15) is 22.8 Å². The van der Waals surface area contributed by atoms with Gasteiger partial charge in [0, 0.05) is 31.4 Å². The molecule has 0 saturated carbocycles. The third kappa shape index (κ3) is 4.43. The van der Waals surface area contributed by atoms with Crippen LogP contribution >= 0.6 is 0 Å². The molecule has 0 aliphatic carbocycles. The van der Waals surface area contributed by atoms with Crippen LogP contribution in [0.5, 0.6) is 0 Å². The number of rotatable bonds is 4. The summed E-state index contributed by atoms with van der Waals surface area (Å²) in [5.41, 5.74) is 0.824. The Bertz CT molecular complexity index is 1260. The lowest BCUT2D eigenvalue weighted by molar-refractivity contribution is -0.137. The van der Waals surface area contributed by atoms with Gasteiger partial charge in [0.2, 0.25) is 5.91 Å². The zero-order valence-corrected chi connectivity index (χ0v) is 17.7. The quantitative estimate of drug-likeness (QED) is 0.601. The average molecular weight is 452 g/mol. The van der Waals surface area contributed by atoms with Gasteiger partial charge in [-0.25, -0.2) is 9.99 Å². The minimum atomic E-state index is -4.56. The van der Waals surface area contributed by atoms with Gasteiger partial charge in [-0.2, -0.15) is 13.2 Å². The van der Waals surface area contributed by atoms with Crippen LogP contribution in [0.1, 0.15) is 34.0 Å². The van der Waals surface area contributed by atoms with Gasteiger partial charge in [-0.05, 0) is 54.1 Å². The number of anilines is 2. The van der Waals surface area contributed by atoms with Crippen LogP contribution in [0, 0.1) is 0 Å². The second-order valence-corrected chi connectivity index (χ2v) is 7.42. The molecule has 1 aromatic heterocycles. The maximum Gasteiger partial charge on any atom is 0.416 e. The monoisotopic (exact) mass is 452 g/mol. The lowest BCUT2D eigenvalue weighted by atomic mass is 10.0. The van der Waals surface area contributed by atoms with Gasteiger partial charge >= 0.3 is 6.18 Å². The smallest absolute Gasteiger partial charge is 0.326 e. The molecule has 0 bridgehead atoms. The highest BCUT2D eigenvalue weighted by Crippen LogP contribution is 2.40. The molecule has 2 amide bonds. The first kappa shape index (κ1) is 22.1. The summed E-state index contributed by atoms with van der Waals surface area (Å²) in [5, 5.41) is 5.44. The third-order valence-electron chi connectivity index (χ3n) is 5.07. The highest BCUT2D eigenvalue weighted by molar-refractivity contribution is 6.12. The summed E-state index contributed by atoms with van der Waals surface area (Å²) >= 11 is 0. The molecule has 168 valence electrons. The number of hydrogen-bond acceptors (Lipinski definition) is 4. The molecule has 9 heteroatoms. The molecule has 2 heterocycles. The fourth-order valence-electron chi connectivity index (χ4n) is 3.61. The molecule has 0 radical (unpaired) electrons. The molecule has 1 aliphatic heterocycles. The van der Waals surface area contributed by atoms with Crippen LogP contribution < -0.4 is 10.3 Å². The van der Waals surface area contributed by atoms with Crippen molar-refractivity contribution in [1.29, 1.82) is 0 Å². The van der Waals surface area contributed by atoms with Crippen molar-refractivity contribution in [1.82, 2.24) is 9.99 Å². The van der Waals surface area contributed by atoms with E-state index in [4.69, 9.17) is 0 Å². The number of hydrazine groups is 1. The van der Waals surface area contributed by atoms with E-state index in [0.717, 1.165) is 12.1 Å². The van der Waals surface area contributed by atoms with Crippen LogP contribution in [-0.4, -0.2) is 28.9 Å². The van der Waals surface area contributed by atoms with Crippen molar-refractivity contribution in [3.05, 3.63) is 89.1 Å². The molecule has 6 nitrogen and oxygen atoms in total. The zero-order valence-electron chi connectivity index (χ0n) is 17.7. The molecule has 1 aliphatic rings. The summed E-state index contributed by atoms with van der Waals surface area (Å²) in [7, 11) is 1.61. The molecular weight excluding hydrogens is 433 g/mol. The standard InChI is InChI=1S/C24H19F3N4O2/c1-15(32)29-18-7-5-6-16(12-18)13-21-20-14-17(24(25,26)27)9-10-19(20)23(33)31(21)30(2)22-8-3-4-11-28-22/h3-14H,1-2H3,(H,29,32)/b21-13-. The van der Waals surface area contributed by atoms with Crippen LogP contribution in [0.4, 0.5) is 24.7 Å². The van der Waals surface area contributed by atoms with E-state index in [-0.39, 0.29) is 22.7 Å². The van der Waals surface area contributed by atoms with E-state index in [1.165, 1.54) is 23.0 Å². The van der Waals surface area contributed by atoms with Gasteiger partial charge in [0.1, 0.15) is 5.82 Å². The largest absolute Gasteiger partial charge is 0.416 e. The topological polar surface area (TPSA) is 65.5 Å². The van der Waals surface area contributed by atoms with Crippen LogP contribution in [-0.2, 0) is 11.0 Å².